The molecule has 0 aliphatic rings. The molecule has 6 nitrogen and oxygen atoms in total. The van der Waals surface area contributed by atoms with Gasteiger partial charge in [0.05, 0.1) is 6.20 Å². The van der Waals surface area contributed by atoms with Crippen LogP contribution in [0.5, 0.6) is 11.5 Å². The van der Waals surface area contributed by atoms with E-state index in [1.165, 1.54) is 18.3 Å². The summed E-state index contributed by atoms with van der Waals surface area (Å²) in [6.45, 7) is 0. The third kappa shape index (κ3) is 2.11. The summed E-state index contributed by atoms with van der Waals surface area (Å²) in [5.41, 5.74) is 0.159. The van der Waals surface area contributed by atoms with Crippen LogP contribution in [0.3, 0.4) is 0 Å². The largest absolute Gasteiger partial charge is 0.508 e. The first-order chi connectivity index (χ1) is 7.65. The molecule has 0 unspecified atom stereocenters. The van der Waals surface area contributed by atoms with Gasteiger partial charge < -0.3 is 15.5 Å². The van der Waals surface area contributed by atoms with Crippen LogP contribution < -0.4 is 5.32 Å². The summed E-state index contributed by atoms with van der Waals surface area (Å²) < 4.78 is 0. The van der Waals surface area contributed by atoms with Gasteiger partial charge in [0.15, 0.2) is 0 Å². The molecule has 16 heavy (non-hydrogen) atoms. The van der Waals surface area contributed by atoms with Crippen LogP contribution in [0, 0.1) is 0 Å². The fourth-order valence-corrected chi connectivity index (χ4v) is 1.25. The van der Waals surface area contributed by atoms with Gasteiger partial charge in [-0.2, -0.15) is 5.10 Å². The third-order valence-electron chi connectivity index (χ3n) is 1.91. The molecule has 0 bridgehead atoms. The number of aromatic hydroxyl groups is 2. The molecule has 0 radical (unpaired) electrons. The van der Waals surface area contributed by atoms with Crippen LogP contribution in [-0.4, -0.2) is 26.3 Å². The van der Waals surface area contributed by atoms with Gasteiger partial charge >= 0.3 is 0 Å². The minimum atomic E-state index is -0.449. The van der Waals surface area contributed by atoms with Gasteiger partial charge in [-0.25, -0.2) is 0 Å². The number of rotatable bonds is 2. The number of anilines is 1. The Morgan fingerprint density at radius 2 is 1.94 bits per heavy atom. The molecule has 1 heterocycles. The van der Waals surface area contributed by atoms with Gasteiger partial charge in [0.25, 0.3) is 5.91 Å². The van der Waals surface area contributed by atoms with Crippen molar-refractivity contribution in [3.8, 4) is 11.5 Å². The van der Waals surface area contributed by atoms with Crippen molar-refractivity contribution in [3.63, 3.8) is 0 Å². The number of phenols is 2. The Balaban J connectivity index is 2.21. The Bertz CT molecular complexity index is 488. The van der Waals surface area contributed by atoms with E-state index in [4.69, 9.17) is 0 Å². The number of aromatic amines is 1. The minimum absolute atomic E-state index is 0.159. The summed E-state index contributed by atoms with van der Waals surface area (Å²) in [5.74, 6) is -0.354. The smallest absolute Gasteiger partial charge is 0.257 e. The van der Waals surface area contributed by atoms with Crippen LogP contribution in [0.4, 0.5) is 5.82 Å². The summed E-state index contributed by atoms with van der Waals surface area (Å²) in [6.07, 6.45) is 1.50. The zero-order chi connectivity index (χ0) is 11.5. The van der Waals surface area contributed by atoms with Crippen molar-refractivity contribution in [2.45, 2.75) is 0 Å². The van der Waals surface area contributed by atoms with Gasteiger partial charge in [-0.3, -0.25) is 9.89 Å². The lowest BCUT2D eigenvalue weighted by atomic mass is 10.2. The zero-order valence-electron chi connectivity index (χ0n) is 8.14. The van der Waals surface area contributed by atoms with E-state index in [-0.39, 0.29) is 17.1 Å². The second-order valence-electron chi connectivity index (χ2n) is 3.16. The lowest BCUT2D eigenvalue weighted by Crippen LogP contribution is -2.11. The maximum Gasteiger partial charge on any atom is 0.257 e. The topological polar surface area (TPSA) is 98.2 Å². The van der Waals surface area contributed by atoms with Crippen molar-refractivity contribution in [1.82, 2.24) is 10.2 Å². The van der Waals surface area contributed by atoms with Crippen molar-refractivity contribution >= 4 is 11.7 Å². The number of benzene rings is 1. The van der Waals surface area contributed by atoms with E-state index in [0.29, 0.717) is 5.82 Å². The number of hydrogen-bond donors (Lipinski definition) is 4. The van der Waals surface area contributed by atoms with Crippen LogP contribution in [-0.2, 0) is 0 Å². The Kier molecular flexibility index (Phi) is 2.47. The van der Waals surface area contributed by atoms with E-state index < -0.39 is 5.91 Å². The SMILES string of the molecule is O=C(Nc1ccn[nH]1)c1cc(O)cc(O)c1. The fraction of sp³-hybridized carbons (Fsp3) is 0. The normalized spacial score (nSPS) is 10.0. The highest BCUT2D eigenvalue weighted by molar-refractivity contribution is 6.04. The maximum absolute atomic E-state index is 11.6. The number of hydrogen-bond acceptors (Lipinski definition) is 4. The Hall–Kier alpha value is -2.50. The molecule has 1 aromatic heterocycles. The highest BCUT2D eigenvalue weighted by Crippen LogP contribution is 2.20. The molecule has 1 aromatic carbocycles. The Morgan fingerprint density at radius 3 is 2.50 bits per heavy atom. The molecule has 0 saturated heterocycles. The molecule has 0 atom stereocenters. The first-order valence-corrected chi connectivity index (χ1v) is 4.49. The number of phenolic OH excluding ortho intramolecular Hbond substituents is 2. The van der Waals surface area contributed by atoms with E-state index in [9.17, 15) is 15.0 Å². The monoisotopic (exact) mass is 219 g/mol. The predicted molar refractivity (Wildman–Crippen MR) is 56.3 cm³/mol. The number of carbonyl (C=O) groups is 1. The second kappa shape index (κ2) is 3.93. The molecule has 4 N–H and O–H groups in total. The minimum Gasteiger partial charge on any atom is -0.508 e. The summed E-state index contributed by atoms with van der Waals surface area (Å²) >= 11 is 0. The molecule has 2 aromatic rings. The van der Waals surface area contributed by atoms with Gasteiger partial charge in [0.2, 0.25) is 0 Å². The van der Waals surface area contributed by atoms with Gasteiger partial charge in [0.1, 0.15) is 17.3 Å². The van der Waals surface area contributed by atoms with Crippen molar-refractivity contribution in [1.29, 1.82) is 0 Å². The van der Waals surface area contributed by atoms with Gasteiger partial charge in [-0.15, -0.1) is 0 Å². The van der Waals surface area contributed by atoms with Crippen LogP contribution in [0.1, 0.15) is 10.4 Å². The molecule has 0 fully saturated rings. The zero-order valence-corrected chi connectivity index (χ0v) is 8.14. The number of nitrogens with one attached hydrogen (secondary N) is 2. The van der Waals surface area contributed by atoms with E-state index in [1.807, 2.05) is 0 Å². The first kappa shape index (κ1) is 10.0. The Labute approximate surface area is 90.6 Å². The molecule has 2 rings (SSSR count). The van der Waals surface area contributed by atoms with E-state index in [0.717, 1.165) is 6.07 Å². The molecule has 0 saturated carbocycles. The third-order valence-corrected chi connectivity index (χ3v) is 1.91. The molecular weight excluding hydrogens is 210 g/mol. The van der Waals surface area contributed by atoms with E-state index in [1.54, 1.807) is 6.07 Å². The van der Waals surface area contributed by atoms with Crippen LogP contribution >= 0.6 is 0 Å². The first-order valence-electron chi connectivity index (χ1n) is 4.49. The lowest BCUT2D eigenvalue weighted by molar-refractivity contribution is 0.102. The highest BCUT2D eigenvalue weighted by Gasteiger charge is 2.09. The summed E-state index contributed by atoms with van der Waals surface area (Å²) in [4.78, 5) is 11.6. The van der Waals surface area contributed by atoms with Crippen molar-refractivity contribution in [2.24, 2.45) is 0 Å². The van der Waals surface area contributed by atoms with Crippen LogP contribution in [0.25, 0.3) is 0 Å². The standard InChI is InChI=1S/C10H9N3O3/c14-7-3-6(4-8(15)5-7)10(16)12-9-1-2-11-13-9/h1-5,14-15H,(H2,11,12,13,16). The summed E-state index contributed by atoms with van der Waals surface area (Å²) in [6, 6.07) is 5.24. The lowest BCUT2D eigenvalue weighted by Gasteiger charge is -2.03. The quantitative estimate of drug-likeness (QED) is 0.607. The molecule has 0 aliphatic heterocycles. The summed E-state index contributed by atoms with van der Waals surface area (Å²) in [7, 11) is 0. The number of aromatic nitrogens is 2. The second-order valence-corrected chi connectivity index (χ2v) is 3.16. The molecule has 1 amide bonds. The molecule has 0 aliphatic carbocycles. The van der Waals surface area contributed by atoms with Crippen molar-refractivity contribution in [2.75, 3.05) is 5.32 Å². The molecule has 0 spiro atoms. The van der Waals surface area contributed by atoms with Crippen molar-refractivity contribution in [3.05, 3.63) is 36.0 Å². The molecular formula is C10H9N3O3. The maximum atomic E-state index is 11.6. The molecule has 82 valence electrons. The number of amides is 1. The number of carbonyl (C=O) groups excluding carboxylic acids is 1. The van der Waals surface area contributed by atoms with Gasteiger partial charge in [0, 0.05) is 17.7 Å². The Morgan fingerprint density at radius 1 is 1.25 bits per heavy atom. The average Bonchev–Trinajstić information content (AvgIpc) is 2.68. The van der Waals surface area contributed by atoms with Crippen molar-refractivity contribution < 1.29 is 15.0 Å². The highest BCUT2D eigenvalue weighted by atomic mass is 16.3. The summed E-state index contributed by atoms with van der Waals surface area (Å²) in [5, 5.41) is 27.2. The van der Waals surface area contributed by atoms with E-state index in [2.05, 4.69) is 15.5 Å². The average molecular weight is 219 g/mol. The number of H-pyrrole nitrogens is 1. The fourth-order valence-electron chi connectivity index (χ4n) is 1.25. The van der Waals surface area contributed by atoms with Gasteiger partial charge in [-0.1, -0.05) is 0 Å². The molecule has 6 heteroatoms. The van der Waals surface area contributed by atoms with Crippen LogP contribution in [0.15, 0.2) is 30.5 Å². The predicted octanol–water partition coefficient (Wildman–Crippen LogP) is 1.07. The van der Waals surface area contributed by atoms with E-state index >= 15 is 0 Å². The number of nitrogens with zero attached hydrogens (tertiary/aromatic N) is 1. The van der Waals surface area contributed by atoms with Crippen LogP contribution in [0.2, 0.25) is 0 Å². The van der Waals surface area contributed by atoms with Gasteiger partial charge in [-0.05, 0) is 12.1 Å².